The van der Waals surface area contributed by atoms with Gasteiger partial charge in [-0.3, -0.25) is 4.98 Å². The van der Waals surface area contributed by atoms with Crippen molar-refractivity contribution < 1.29 is 0 Å². The molecule has 168 valence electrons. The van der Waals surface area contributed by atoms with E-state index in [2.05, 4.69) is 59.8 Å². The number of aromatic nitrogens is 1. The molecule has 0 spiro atoms. The highest BCUT2D eigenvalue weighted by Crippen LogP contribution is 2.36. The minimum atomic E-state index is 0.204. The van der Waals surface area contributed by atoms with Crippen molar-refractivity contribution in [2.24, 2.45) is 11.7 Å². The van der Waals surface area contributed by atoms with Crippen LogP contribution in [0.4, 0.5) is 0 Å². The lowest BCUT2D eigenvalue weighted by molar-refractivity contribution is 0.258. The van der Waals surface area contributed by atoms with Gasteiger partial charge in [-0.05, 0) is 84.2 Å². The summed E-state index contributed by atoms with van der Waals surface area (Å²) in [5.74, 6) is 0.966. The van der Waals surface area contributed by atoms with Gasteiger partial charge in [-0.25, -0.2) is 0 Å². The third kappa shape index (κ3) is 4.62. The van der Waals surface area contributed by atoms with E-state index in [1.165, 1.54) is 64.6 Å². The molecule has 0 amide bonds. The molecule has 1 saturated carbocycles. The fraction of sp³-hybridized carbons (Fsp3) is 0.464. The quantitative estimate of drug-likeness (QED) is 0.438. The van der Waals surface area contributed by atoms with Crippen LogP contribution in [0.5, 0.6) is 0 Å². The van der Waals surface area contributed by atoms with Gasteiger partial charge in [0.2, 0.25) is 0 Å². The van der Waals surface area contributed by atoms with Crippen molar-refractivity contribution in [3.63, 3.8) is 0 Å². The maximum absolute atomic E-state index is 6.96. The number of rotatable bonds is 7. The molecule has 2 atom stereocenters. The van der Waals surface area contributed by atoms with E-state index in [0.29, 0.717) is 11.8 Å². The summed E-state index contributed by atoms with van der Waals surface area (Å²) in [6.45, 7) is 4.31. The highest BCUT2D eigenvalue weighted by atomic mass is 32.1. The summed E-state index contributed by atoms with van der Waals surface area (Å²) >= 11 is 1.85. The van der Waals surface area contributed by atoms with E-state index in [-0.39, 0.29) is 6.04 Å². The average molecular weight is 446 g/mol. The zero-order chi connectivity index (χ0) is 21.9. The first-order valence-corrected chi connectivity index (χ1v) is 13.2. The molecular weight excluding hydrogens is 410 g/mol. The number of nitrogens with two attached hydrogens (primary N) is 1. The van der Waals surface area contributed by atoms with Crippen LogP contribution in [0.2, 0.25) is 0 Å². The third-order valence-electron chi connectivity index (χ3n) is 7.53. The zero-order valence-electron chi connectivity index (χ0n) is 19.2. The number of pyridine rings is 1. The Bertz CT molecular complexity index is 1080. The van der Waals surface area contributed by atoms with Crippen LogP contribution in [-0.4, -0.2) is 29.0 Å². The van der Waals surface area contributed by atoms with Crippen LogP contribution in [0.25, 0.3) is 15.7 Å². The van der Waals surface area contributed by atoms with Crippen molar-refractivity contribution in [3.05, 3.63) is 71.0 Å². The van der Waals surface area contributed by atoms with Crippen LogP contribution in [-0.2, 0) is 0 Å². The van der Waals surface area contributed by atoms with E-state index in [9.17, 15) is 0 Å². The number of fused-ring (bicyclic) bond motifs is 1. The maximum Gasteiger partial charge on any atom is 0.0453 e. The predicted molar refractivity (Wildman–Crippen MR) is 137 cm³/mol. The molecule has 1 fully saturated rings. The molecule has 1 aliphatic heterocycles. The fourth-order valence-corrected chi connectivity index (χ4v) is 6.64. The summed E-state index contributed by atoms with van der Waals surface area (Å²) in [6, 6.07) is 13.5. The van der Waals surface area contributed by atoms with Gasteiger partial charge in [0.25, 0.3) is 0 Å². The van der Waals surface area contributed by atoms with Gasteiger partial charge in [-0.15, -0.1) is 11.3 Å². The van der Waals surface area contributed by atoms with E-state index in [4.69, 9.17) is 10.7 Å². The Labute approximate surface area is 196 Å². The second-order valence-electron chi connectivity index (χ2n) is 9.71. The number of nitrogens with zero attached hydrogens (tertiary/aromatic N) is 2. The largest absolute Gasteiger partial charge is 0.377 e. The lowest BCUT2D eigenvalue weighted by atomic mass is 9.77. The predicted octanol–water partition coefficient (Wildman–Crippen LogP) is 6.73. The second-order valence-corrected chi connectivity index (χ2v) is 10.6. The molecule has 3 nitrogen and oxygen atoms in total. The summed E-state index contributed by atoms with van der Waals surface area (Å²) in [6.07, 6.45) is 13.2. The van der Waals surface area contributed by atoms with Crippen molar-refractivity contribution in [2.75, 3.05) is 13.1 Å². The molecule has 1 aromatic carbocycles. The van der Waals surface area contributed by atoms with Crippen LogP contribution >= 0.6 is 11.3 Å². The smallest absolute Gasteiger partial charge is 0.0453 e. The van der Waals surface area contributed by atoms with Gasteiger partial charge in [-0.2, -0.15) is 0 Å². The van der Waals surface area contributed by atoms with Gasteiger partial charge in [-0.1, -0.05) is 37.5 Å². The standard InChI is InChI=1S/C28H35N3S/c1-20-10-14-30-26(18-20)25(27(29)21-6-3-2-4-7-21)12-16-31-15-11-23(19-31)24-9-5-8-22-13-17-32-28(22)24/h5,8-10,13-14,17-19,21,25,27H,2-4,6-7,11-12,15-16,29H2,1H3. The molecule has 2 unspecified atom stereocenters. The molecular formula is C28H35N3S. The number of thiophene rings is 1. The molecule has 2 aliphatic rings. The monoisotopic (exact) mass is 445 g/mol. The number of aryl methyl sites for hydroxylation is 1. The van der Waals surface area contributed by atoms with Crippen LogP contribution in [0.3, 0.4) is 0 Å². The van der Waals surface area contributed by atoms with Crippen LogP contribution < -0.4 is 5.73 Å². The fourth-order valence-electron chi connectivity index (χ4n) is 5.69. The minimum absolute atomic E-state index is 0.204. The van der Waals surface area contributed by atoms with E-state index in [0.717, 1.165) is 25.9 Å². The average Bonchev–Trinajstić information content (AvgIpc) is 3.49. The van der Waals surface area contributed by atoms with E-state index < -0.39 is 0 Å². The molecule has 0 bridgehead atoms. The second kappa shape index (κ2) is 9.76. The van der Waals surface area contributed by atoms with Gasteiger partial charge in [0.15, 0.2) is 0 Å². The SMILES string of the molecule is Cc1ccnc(C(CCN2C=C(c3cccc4ccsc34)CC2)C(N)C2CCCCC2)c1. The van der Waals surface area contributed by atoms with Gasteiger partial charge in [0, 0.05) is 47.8 Å². The molecule has 32 heavy (non-hydrogen) atoms. The maximum atomic E-state index is 6.96. The molecule has 2 aromatic heterocycles. The van der Waals surface area contributed by atoms with Gasteiger partial charge in [0.1, 0.15) is 0 Å². The summed E-state index contributed by atoms with van der Waals surface area (Å²) < 4.78 is 1.42. The van der Waals surface area contributed by atoms with Gasteiger partial charge in [0.05, 0.1) is 0 Å². The molecule has 1 aliphatic carbocycles. The van der Waals surface area contributed by atoms with E-state index >= 15 is 0 Å². The number of hydrogen-bond acceptors (Lipinski definition) is 4. The number of hydrogen-bond donors (Lipinski definition) is 1. The normalized spacial score (nSPS) is 19.3. The first-order chi connectivity index (χ1) is 15.7. The first-order valence-electron chi connectivity index (χ1n) is 12.3. The lowest BCUT2D eigenvalue weighted by Gasteiger charge is -2.34. The highest BCUT2D eigenvalue weighted by Gasteiger charge is 2.30. The topological polar surface area (TPSA) is 42.2 Å². The Morgan fingerprint density at radius 3 is 2.88 bits per heavy atom. The van der Waals surface area contributed by atoms with Crippen molar-refractivity contribution in [1.82, 2.24) is 9.88 Å². The summed E-state index contributed by atoms with van der Waals surface area (Å²) in [4.78, 5) is 7.29. The Hall–Kier alpha value is -2.17. The Morgan fingerprint density at radius 1 is 1.16 bits per heavy atom. The Kier molecular flexibility index (Phi) is 6.61. The molecule has 4 heteroatoms. The van der Waals surface area contributed by atoms with E-state index in [1.807, 2.05) is 17.5 Å². The molecule has 0 saturated heterocycles. The van der Waals surface area contributed by atoms with Crippen LogP contribution in [0.1, 0.15) is 67.7 Å². The van der Waals surface area contributed by atoms with Crippen LogP contribution in [0.15, 0.2) is 54.2 Å². The van der Waals surface area contributed by atoms with Crippen molar-refractivity contribution in [3.8, 4) is 0 Å². The van der Waals surface area contributed by atoms with Gasteiger partial charge >= 0.3 is 0 Å². The molecule has 0 radical (unpaired) electrons. The van der Waals surface area contributed by atoms with Crippen molar-refractivity contribution in [2.45, 2.75) is 63.8 Å². The molecule has 5 rings (SSSR count). The zero-order valence-corrected chi connectivity index (χ0v) is 20.0. The van der Waals surface area contributed by atoms with Gasteiger partial charge < -0.3 is 10.6 Å². The Morgan fingerprint density at radius 2 is 2.03 bits per heavy atom. The minimum Gasteiger partial charge on any atom is -0.377 e. The molecule has 3 heterocycles. The van der Waals surface area contributed by atoms with Crippen molar-refractivity contribution in [1.29, 1.82) is 0 Å². The molecule has 2 N–H and O–H groups in total. The first kappa shape index (κ1) is 21.7. The summed E-state index contributed by atoms with van der Waals surface area (Å²) in [5.41, 5.74) is 12.3. The highest BCUT2D eigenvalue weighted by molar-refractivity contribution is 7.17. The van der Waals surface area contributed by atoms with E-state index in [1.54, 1.807) is 0 Å². The summed E-state index contributed by atoms with van der Waals surface area (Å²) in [5, 5.41) is 3.56. The lowest BCUT2D eigenvalue weighted by Crippen LogP contribution is -2.39. The summed E-state index contributed by atoms with van der Waals surface area (Å²) in [7, 11) is 0. The Balaban J connectivity index is 1.32. The van der Waals surface area contributed by atoms with Crippen LogP contribution in [0, 0.1) is 12.8 Å². The van der Waals surface area contributed by atoms with Crippen molar-refractivity contribution >= 4 is 27.0 Å². The third-order valence-corrected chi connectivity index (χ3v) is 8.50. The number of benzene rings is 1. The molecule has 3 aromatic rings.